The maximum absolute atomic E-state index is 13.7. The molecule has 2 aliphatic heterocycles. The number of aromatic amines is 1. The van der Waals surface area contributed by atoms with Crippen LogP contribution in [0.2, 0.25) is 0 Å². The minimum absolute atomic E-state index is 0.0607. The number of nitrogens with zero attached hydrogens (tertiary/aromatic N) is 3. The lowest BCUT2D eigenvalue weighted by Gasteiger charge is -2.33. The predicted molar refractivity (Wildman–Crippen MR) is 157 cm³/mol. The molecule has 11 heteroatoms. The van der Waals surface area contributed by atoms with Crippen molar-refractivity contribution in [3.8, 4) is 0 Å². The molecule has 1 saturated heterocycles. The second kappa shape index (κ2) is 11.4. The summed E-state index contributed by atoms with van der Waals surface area (Å²) in [5.74, 6) is -1.06. The van der Waals surface area contributed by atoms with Crippen LogP contribution in [0, 0.1) is 0 Å². The Balaban J connectivity index is 1.25. The van der Waals surface area contributed by atoms with Gasteiger partial charge in [-0.2, -0.15) is 13.2 Å². The molecule has 3 amide bonds. The van der Waals surface area contributed by atoms with Crippen molar-refractivity contribution in [1.29, 1.82) is 0 Å². The Morgan fingerprint density at radius 1 is 0.930 bits per heavy atom. The van der Waals surface area contributed by atoms with Gasteiger partial charge < -0.3 is 15.2 Å². The zero-order valence-corrected chi connectivity index (χ0v) is 23.0. The molecule has 3 aromatic carbocycles. The molecule has 43 heavy (non-hydrogen) atoms. The van der Waals surface area contributed by atoms with Crippen LogP contribution >= 0.6 is 0 Å². The van der Waals surface area contributed by atoms with Crippen LogP contribution in [0.4, 0.5) is 23.7 Å². The van der Waals surface area contributed by atoms with Gasteiger partial charge in [-0.1, -0.05) is 66.7 Å². The third-order valence-electron chi connectivity index (χ3n) is 7.86. The van der Waals surface area contributed by atoms with E-state index in [-0.39, 0.29) is 17.2 Å². The first-order valence-corrected chi connectivity index (χ1v) is 14.0. The van der Waals surface area contributed by atoms with E-state index in [0.29, 0.717) is 53.2 Å². The van der Waals surface area contributed by atoms with E-state index in [9.17, 15) is 27.6 Å². The number of carbonyl (C=O) groups is 2. The molecule has 0 saturated carbocycles. The standard InChI is InChI=1S/C32H28F3N5O3/c33-32(34,35)19-40-26-13-7-5-11-23(26)27(21-8-2-1-3-9-21)37-28(30(40)42)38-31(43)39-16-14-20(15-17-39)24-18-22-10-4-6-12-25(22)36-29(24)41/h1-13,18,20,28H,14-17,19H2,(H,36,41)(H,38,43). The molecule has 0 spiro atoms. The summed E-state index contributed by atoms with van der Waals surface area (Å²) in [6.45, 7) is -0.935. The number of para-hydroxylation sites is 2. The Hall–Kier alpha value is -4.93. The van der Waals surface area contributed by atoms with E-state index in [0.717, 1.165) is 10.9 Å². The van der Waals surface area contributed by atoms with E-state index in [1.165, 1.54) is 11.0 Å². The van der Waals surface area contributed by atoms with Crippen LogP contribution in [0.1, 0.15) is 35.4 Å². The highest BCUT2D eigenvalue weighted by Crippen LogP contribution is 2.32. The predicted octanol–water partition coefficient (Wildman–Crippen LogP) is 5.19. The van der Waals surface area contributed by atoms with Gasteiger partial charge in [0, 0.05) is 35.3 Å². The number of urea groups is 1. The Labute approximate surface area is 244 Å². The number of amides is 3. The number of aliphatic imine (C=N–C) groups is 1. The van der Waals surface area contributed by atoms with Crippen LogP contribution in [0.15, 0.2) is 94.7 Å². The summed E-state index contributed by atoms with van der Waals surface area (Å²) in [5, 5.41) is 3.51. The van der Waals surface area contributed by atoms with Crippen LogP contribution < -0.4 is 15.8 Å². The number of hydrogen-bond acceptors (Lipinski definition) is 4. The molecule has 8 nitrogen and oxygen atoms in total. The molecule has 2 N–H and O–H groups in total. The molecular weight excluding hydrogens is 559 g/mol. The largest absolute Gasteiger partial charge is 0.406 e. The van der Waals surface area contributed by atoms with Crippen molar-refractivity contribution >= 4 is 34.2 Å². The van der Waals surface area contributed by atoms with Crippen LogP contribution in [-0.4, -0.2) is 59.5 Å². The highest BCUT2D eigenvalue weighted by Gasteiger charge is 2.40. The van der Waals surface area contributed by atoms with Gasteiger partial charge in [0.05, 0.1) is 11.4 Å². The second-order valence-electron chi connectivity index (χ2n) is 10.7. The number of piperidine rings is 1. The van der Waals surface area contributed by atoms with Crippen molar-refractivity contribution in [1.82, 2.24) is 15.2 Å². The monoisotopic (exact) mass is 587 g/mol. The van der Waals surface area contributed by atoms with Crippen LogP contribution in [0.5, 0.6) is 0 Å². The third-order valence-corrected chi connectivity index (χ3v) is 7.86. The summed E-state index contributed by atoms with van der Waals surface area (Å²) < 4.78 is 41.0. The number of pyridine rings is 1. The van der Waals surface area contributed by atoms with Gasteiger partial charge in [-0.25, -0.2) is 9.79 Å². The van der Waals surface area contributed by atoms with Gasteiger partial charge >= 0.3 is 12.2 Å². The van der Waals surface area contributed by atoms with Gasteiger partial charge in [-0.15, -0.1) is 0 Å². The van der Waals surface area contributed by atoms with Crippen molar-refractivity contribution in [2.45, 2.75) is 31.1 Å². The highest BCUT2D eigenvalue weighted by molar-refractivity contribution is 6.20. The summed E-state index contributed by atoms with van der Waals surface area (Å²) in [6.07, 6.45) is -5.25. The van der Waals surface area contributed by atoms with Crippen molar-refractivity contribution in [2.75, 3.05) is 24.5 Å². The van der Waals surface area contributed by atoms with Crippen molar-refractivity contribution in [3.63, 3.8) is 0 Å². The van der Waals surface area contributed by atoms with Gasteiger partial charge in [0.15, 0.2) is 0 Å². The normalized spacial score (nSPS) is 17.8. The summed E-state index contributed by atoms with van der Waals surface area (Å²) in [7, 11) is 0. The number of alkyl halides is 3. The molecule has 220 valence electrons. The molecule has 3 heterocycles. The molecule has 0 bridgehead atoms. The second-order valence-corrected chi connectivity index (χ2v) is 10.7. The molecule has 4 aromatic rings. The van der Waals surface area contributed by atoms with Gasteiger partial charge in [0.2, 0.25) is 6.17 Å². The van der Waals surface area contributed by atoms with Gasteiger partial charge in [-0.3, -0.25) is 14.5 Å². The van der Waals surface area contributed by atoms with E-state index in [1.807, 2.05) is 30.3 Å². The van der Waals surface area contributed by atoms with E-state index in [4.69, 9.17) is 0 Å². The Morgan fingerprint density at radius 2 is 1.60 bits per heavy atom. The molecule has 6 rings (SSSR count). The first kappa shape index (κ1) is 28.2. The molecular formula is C32H28F3N5O3. The average molecular weight is 588 g/mol. The molecule has 0 aliphatic carbocycles. The number of rotatable bonds is 4. The zero-order chi connectivity index (χ0) is 30.1. The number of nitrogens with one attached hydrogen (secondary N) is 2. The molecule has 2 aliphatic rings. The maximum Gasteiger partial charge on any atom is 0.406 e. The number of benzene rings is 3. The fraction of sp³-hybridized carbons (Fsp3) is 0.250. The summed E-state index contributed by atoms with van der Waals surface area (Å²) >= 11 is 0. The highest BCUT2D eigenvalue weighted by atomic mass is 19.4. The molecule has 1 aromatic heterocycles. The minimum atomic E-state index is -4.68. The SMILES string of the molecule is O=C(NC1N=C(c2ccccc2)c2ccccc2N(CC(F)(F)F)C1=O)N1CCC(c2cc3ccccc3[nH]c2=O)CC1. The number of H-pyrrole nitrogens is 1. The van der Waals surface area contributed by atoms with Crippen LogP contribution in [-0.2, 0) is 4.79 Å². The first-order valence-electron chi connectivity index (χ1n) is 14.0. The van der Waals surface area contributed by atoms with E-state index >= 15 is 0 Å². The third kappa shape index (κ3) is 5.88. The maximum atomic E-state index is 13.7. The number of benzodiazepines with no additional fused rings is 1. The van der Waals surface area contributed by atoms with Gasteiger partial charge in [0.1, 0.15) is 6.54 Å². The number of hydrogen-bond donors (Lipinski definition) is 2. The first-order chi connectivity index (χ1) is 20.7. The van der Waals surface area contributed by atoms with Crippen molar-refractivity contribution in [2.24, 2.45) is 4.99 Å². The minimum Gasteiger partial charge on any atom is -0.325 e. The number of halogens is 3. The van der Waals surface area contributed by atoms with E-state index < -0.39 is 30.8 Å². The Kier molecular flexibility index (Phi) is 7.47. The number of likely N-dealkylation sites (tertiary alicyclic amines) is 1. The van der Waals surface area contributed by atoms with Crippen LogP contribution in [0.25, 0.3) is 10.9 Å². The van der Waals surface area contributed by atoms with Crippen LogP contribution in [0.3, 0.4) is 0 Å². The molecule has 1 fully saturated rings. The number of aromatic nitrogens is 1. The van der Waals surface area contributed by atoms with E-state index in [1.54, 1.807) is 48.5 Å². The Bertz CT molecular complexity index is 1760. The lowest BCUT2D eigenvalue weighted by atomic mass is 9.89. The lowest BCUT2D eigenvalue weighted by Crippen LogP contribution is -2.54. The van der Waals surface area contributed by atoms with Crippen molar-refractivity contribution < 1.29 is 22.8 Å². The fourth-order valence-electron chi connectivity index (χ4n) is 5.76. The molecule has 1 atom stereocenters. The van der Waals surface area contributed by atoms with Gasteiger partial charge in [0.25, 0.3) is 11.5 Å². The summed E-state index contributed by atoms with van der Waals surface area (Å²) in [5.41, 5.74) is 2.53. The molecule has 0 radical (unpaired) electrons. The topological polar surface area (TPSA) is 97.9 Å². The molecule has 1 unspecified atom stereocenters. The smallest absolute Gasteiger partial charge is 0.325 e. The number of fused-ring (bicyclic) bond motifs is 2. The fourth-order valence-corrected chi connectivity index (χ4v) is 5.76. The summed E-state index contributed by atoms with van der Waals surface area (Å²) in [4.78, 5) is 49.4. The average Bonchev–Trinajstić information content (AvgIpc) is 3.11. The Morgan fingerprint density at radius 3 is 2.35 bits per heavy atom. The van der Waals surface area contributed by atoms with Gasteiger partial charge in [-0.05, 0) is 42.3 Å². The lowest BCUT2D eigenvalue weighted by molar-refractivity contribution is -0.133. The zero-order valence-electron chi connectivity index (χ0n) is 23.0. The van der Waals surface area contributed by atoms with E-state index in [2.05, 4.69) is 15.3 Å². The quantitative estimate of drug-likeness (QED) is 0.344. The number of anilines is 1. The summed E-state index contributed by atoms with van der Waals surface area (Å²) in [6, 6.07) is 23.9. The van der Waals surface area contributed by atoms with Crippen molar-refractivity contribution in [3.05, 3.63) is 112 Å². The number of carbonyl (C=O) groups excluding carboxylic acids is 2.